The molecule has 6 heteroatoms. The summed E-state index contributed by atoms with van der Waals surface area (Å²) >= 11 is 1.49. The predicted molar refractivity (Wildman–Crippen MR) is 77.2 cm³/mol. The minimum atomic E-state index is -1.01. The van der Waals surface area contributed by atoms with Crippen molar-refractivity contribution in [2.45, 2.75) is 19.8 Å². The number of carbonyl (C=O) groups excluding carboxylic acids is 1. The van der Waals surface area contributed by atoms with Crippen LogP contribution in [0.2, 0.25) is 0 Å². The van der Waals surface area contributed by atoms with Gasteiger partial charge in [0.1, 0.15) is 0 Å². The quantitative estimate of drug-likeness (QED) is 0.887. The summed E-state index contributed by atoms with van der Waals surface area (Å²) in [6.07, 6.45) is 0.896. The van der Waals surface area contributed by atoms with Crippen LogP contribution in [0.1, 0.15) is 28.0 Å². The summed E-state index contributed by atoms with van der Waals surface area (Å²) in [5.41, 5.74) is 4.14. The lowest BCUT2D eigenvalue weighted by Crippen LogP contribution is -2.14. The molecule has 0 saturated heterocycles. The highest BCUT2D eigenvalue weighted by Gasteiger charge is 2.09. The van der Waals surface area contributed by atoms with E-state index in [1.165, 1.54) is 23.5 Å². The Labute approximate surface area is 120 Å². The molecule has 5 nitrogen and oxygen atoms in total. The Morgan fingerprint density at radius 2 is 2.20 bits per heavy atom. The number of carboxylic acid groups (broad SMARTS) is 1. The molecule has 0 bridgehead atoms. The van der Waals surface area contributed by atoms with Crippen LogP contribution in [0.3, 0.4) is 0 Å². The molecule has 104 valence electrons. The average molecular weight is 290 g/mol. The molecule has 0 spiro atoms. The average Bonchev–Trinajstić information content (AvgIpc) is 2.92. The van der Waals surface area contributed by atoms with Crippen LogP contribution in [0.4, 0.5) is 5.69 Å². The fourth-order valence-corrected chi connectivity index (χ4v) is 2.30. The maximum absolute atomic E-state index is 11.9. The summed E-state index contributed by atoms with van der Waals surface area (Å²) in [4.78, 5) is 26.9. The van der Waals surface area contributed by atoms with Gasteiger partial charge in [0.15, 0.2) is 0 Å². The predicted octanol–water partition coefficient (Wildman–Crippen LogP) is 2.72. The zero-order chi connectivity index (χ0) is 14.5. The Balaban J connectivity index is 2.00. The van der Waals surface area contributed by atoms with Crippen LogP contribution in [0.25, 0.3) is 0 Å². The first kappa shape index (κ1) is 14.2. The van der Waals surface area contributed by atoms with Crippen molar-refractivity contribution in [1.82, 2.24) is 4.98 Å². The van der Waals surface area contributed by atoms with Crippen molar-refractivity contribution in [2.24, 2.45) is 0 Å². The zero-order valence-electron chi connectivity index (χ0n) is 10.9. The van der Waals surface area contributed by atoms with Gasteiger partial charge < -0.3 is 10.4 Å². The van der Waals surface area contributed by atoms with E-state index in [1.807, 2.05) is 12.3 Å². The smallest absolute Gasteiger partial charge is 0.335 e. The molecule has 1 heterocycles. The van der Waals surface area contributed by atoms with Crippen molar-refractivity contribution in [1.29, 1.82) is 0 Å². The minimum absolute atomic E-state index is 0.149. The first-order chi connectivity index (χ1) is 9.56. The maximum atomic E-state index is 11.9. The van der Waals surface area contributed by atoms with Gasteiger partial charge in [-0.3, -0.25) is 4.79 Å². The van der Waals surface area contributed by atoms with E-state index in [0.717, 1.165) is 11.3 Å². The number of carbonyl (C=O) groups is 2. The van der Waals surface area contributed by atoms with Gasteiger partial charge in [0.2, 0.25) is 5.91 Å². The van der Waals surface area contributed by atoms with Gasteiger partial charge in [-0.25, -0.2) is 9.78 Å². The third kappa shape index (κ3) is 3.64. The summed E-state index contributed by atoms with van der Waals surface area (Å²) in [7, 11) is 0. The number of thiazole rings is 1. The number of aromatic nitrogens is 1. The van der Waals surface area contributed by atoms with Gasteiger partial charge in [0.25, 0.3) is 0 Å². The van der Waals surface area contributed by atoms with Crippen molar-refractivity contribution < 1.29 is 14.7 Å². The number of nitrogens with zero attached hydrogens (tertiary/aromatic N) is 1. The fraction of sp³-hybridized carbons (Fsp3) is 0.214. The lowest BCUT2D eigenvalue weighted by Gasteiger charge is -2.09. The van der Waals surface area contributed by atoms with Crippen molar-refractivity contribution in [3.05, 3.63) is 45.9 Å². The Bertz CT molecular complexity index is 623. The maximum Gasteiger partial charge on any atom is 0.335 e. The number of aryl methyl sites for hydroxylation is 2. The standard InChI is InChI=1S/C14H14N2O3S/c1-9-2-3-10(14(18)19)6-12(9)16-13(17)5-4-11-7-20-8-15-11/h2-3,6-8H,4-5H2,1H3,(H,16,17)(H,18,19). The van der Waals surface area contributed by atoms with E-state index in [2.05, 4.69) is 10.3 Å². The Hall–Kier alpha value is -2.21. The normalized spacial score (nSPS) is 10.2. The number of rotatable bonds is 5. The summed E-state index contributed by atoms with van der Waals surface area (Å²) in [6, 6.07) is 4.67. The van der Waals surface area contributed by atoms with E-state index in [0.29, 0.717) is 18.5 Å². The second-order valence-electron chi connectivity index (χ2n) is 4.36. The van der Waals surface area contributed by atoms with Gasteiger partial charge in [-0.1, -0.05) is 6.07 Å². The number of hydrogen-bond acceptors (Lipinski definition) is 4. The van der Waals surface area contributed by atoms with Crippen molar-refractivity contribution >= 4 is 28.9 Å². The Morgan fingerprint density at radius 1 is 1.40 bits per heavy atom. The molecule has 0 aliphatic carbocycles. The van der Waals surface area contributed by atoms with Crippen LogP contribution in [-0.4, -0.2) is 22.0 Å². The van der Waals surface area contributed by atoms with E-state index in [4.69, 9.17) is 5.11 Å². The van der Waals surface area contributed by atoms with E-state index >= 15 is 0 Å². The summed E-state index contributed by atoms with van der Waals surface area (Å²) < 4.78 is 0. The highest BCUT2D eigenvalue weighted by Crippen LogP contribution is 2.17. The first-order valence-electron chi connectivity index (χ1n) is 6.07. The Kier molecular flexibility index (Phi) is 4.47. The van der Waals surface area contributed by atoms with Crippen molar-refractivity contribution in [2.75, 3.05) is 5.32 Å². The molecule has 0 aliphatic rings. The van der Waals surface area contributed by atoms with E-state index in [1.54, 1.807) is 11.6 Å². The molecular formula is C14H14N2O3S. The molecule has 0 aliphatic heterocycles. The van der Waals surface area contributed by atoms with Gasteiger partial charge in [0, 0.05) is 17.5 Å². The second-order valence-corrected chi connectivity index (χ2v) is 5.08. The van der Waals surface area contributed by atoms with Crippen molar-refractivity contribution in [3.8, 4) is 0 Å². The van der Waals surface area contributed by atoms with Crippen LogP contribution in [0.5, 0.6) is 0 Å². The number of aromatic carboxylic acids is 1. The van der Waals surface area contributed by atoms with Gasteiger partial charge in [-0.15, -0.1) is 11.3 Å². The van der Waals surface area contributed by atoms with Crippen LogP contribution in [0.15, 0.2) is 29.1 Å². The molecule has 2 N–H and O–H groups in total. The van der Waals surface area contributed by atoms with Gasteiger partial charge >= 0.3 is 5.97 Å². The summed E-state index contributed by atoms with van der Waals surface area (Å²) in [5.74, 6) is -1.16. The molecular weight excluding hydrogens is 276 g/mol. The fourth-order valence-electron chi connectivity index (χ4n) is 1.71. The summed E-state index contributed by atoms with van der Waals surface area (Å²) in [6.45, 7) is 1.82. The molecule has 0 fully saturated rings. The third-order valence-electron chi connectivity index (χ3n) is 2.85. The number of benzene rings is 1. The van der Waals surface area contributed by atoms with Crippen LogP contribution in [-0.2, 0) is 11.2 Å². The Morgan fingerprint density at radius 3 is 2.85 bits per heavy atom. The number of anilines is 1. The van der Waals surface area contributed by atoms with E-state index in [9.17, 15) is 9.59 Å². The SMILES string of the molecule is Cc1ccc(C(=O)O)cc1NC(=O)CCc1cscn1. The topological polar surface area (TPSA) is 79.3 Å². The van der Waals surface area contributed by atoms with Gasteiger partial charge in [-0.2, -0.15) is 0 Å². The first-order valence-corrected chi connectivity index (χ1v) is 7.01. The van der Waals surface area contributed by atoms with Crippen LogP contribution < -0.4 is 5.32 Å². The molecule has 1 amide bonds. The number of hydrogen-bond donors (Lipinski definition) is 2. The second kappa shape index (κ2) is 6.29. The highest BCUT2D eigenvalue weighted by atomic mass is 32.1. The lowest BCUT2D eigenvalue weighted by molar-refractivity contribution is -0.116. The molecule has 1 aromatic heterocycles. The molecule has 0 unspecified atom stereocenters. The molecule has 0 saturated carbocycles. The molecule has 1 aromatic carbocycles. The highest BCUT2D eigenvalue weighted by molar-refractivity contribution is 7.07. The minimum Gasteiger partial charge on any atom is -0.478 e. The van der Waals surface area contributed by atoms with E-state index < -0.39 is 5.97 Å². The molecule has 2 rings (SSSR count). The van der Waals surface area contributed by atoms with Crippen LogP contribution in [0, 0.1) is 6.92 Å². The molecule has 0 radical (unpaired) electrons. The molecule has 20 heavy (non-hydrogen) atoms. The monoisotopic (exact) mass is 290 g/mol. The van der Waals surface area contributed by atoms with Gasteiger partial charge in [-0.05, 0) is 31.0 Å². The third-order valence-corrected chi connectivity index (χ3v) is 3.49. The lowest BCUT2D eigenvalue weighted by atomic mass is 10.1. The van der Waals surface area contributed by atoms with Gasteiger partial charge in [0.05, 0.1) is 16.8 Å². The summed E-state index contributed by atoms with van der Waals surface area (Å²) in [5, 5.41) is 13.6. The molecule has 0 atom stereocenters. The number of nitrogens with one attached hydrogen (secondary N) is 1. The van der Waals surface area contributed by atoms with Crippen molar-refractivity contribution in [3.63, 3.8) is 0 Å². The molecule has 2 aromatic rings. The van der Waals surface area contributed by atoms with E-state index in [-0.39, 0.29) is 11.5 Å². The largest absolute Gasteiger partial charge is 0.478 e. The number of amides is 1. The zero-order valence-corrected chi connectivity index (χ0v) is 11.7. The number of carboxylic acids is 1. The van der Waals surface area contributed by atoms with Crippen LogP contribution >= 0.6 is 11.3 Å².